The molecule has 0 aromatic carbocycles. The summed E-state index contributed by atoms with van der Waals surface area (Å²) in [4.78, 5) is 8.77. The molecule has 92 valence electrons. The predicted molar refractivity (Wildman–Crippen MR) is 67.9 cm³/mol. The van der Waals surface area contributed by atoms with Crippen molar-refractivity contribution < 1.29 is 0 Å². The molecule has 1 heterocycles. The van der Waals surface area contributed by atoms with E-state index in [1.807, 2.05) is 0 Å². The van der Waals surface area contributed by atoms with Gasteiger partial charge in [-0.15, -0.1) is 0 Å². The number of anilines is 1. The highest BCUT2D eigenvalue weighted by Crippen LogP contribution is 2.28. The average Bonchev–Trinajstić information content (AvgIpc) is 2.33. The maximum atomic E-state index is 5.80. The Hall–Kier alpha value is -1.16. The second-order valence-electron chi connectivity index (χ2n) is 5.33. The fraction of sp³-hybridized carbons (Fsp3) is 0.692. The van der Waals surface area contributed by atoms with Crippen LogP contribution in [0.5, 0.6) is 0 Å². The van der Waals surface area contributed by atoms with E-state index in [1.54, 1.807) is 6.33 Å². The van der Waals surface area contributed by atoms with Gasteiger partial charge in [0, 0.05) is 23.8 Å². The first kappa shape index (κ1) is 11.0. The van der Waals surface area contributed by atoms with E-state index in [4.69, 9.17) is 5.73 Å². The van der Waals surface area contributed by atoms with Crippen molar-refractivity contribution in [1.82, 2.24) is 9.97 Å². The van der Waals surface area contributed by atoms with Gasteiger partial charge in [0.1, 0.15) is 12.1 Å². The first-order valence-electron chi connectivity index (χ1n) is 6.65. The molecule has 4 heteroatoms. The Morgan fingerprint density at radius 3 is 2.88 bits per heavy atom. The van der Waals surface area contributed by atoms with Gasteiger partial charge >= 0.3 is 0 Å². The molecule has 3 N–H and O–H groups in total. The highest BCUT2D eigenvalue weighted by Gasteiger charge is 2.26. The average molecular weight is 232 g/mol. The summed E-state index contributed by atoms with van der Waals surface area (Å²) in [5.74, 6) is 1.80. The Morgan fingerprint density at radius 1 is 1.24 bits per heavy atom. The van der Waals surface area contributed by atoms with Crippen molar-refractivity contribution in [3.63, 3.8) is 0 Å². The Kier molecular flexibility index (Phi) is 2.97. The molecule has 0 aliphatic heterocycles. The van der Waals surface area contributed by atoms with Gasteiger partial charge in [-0.05, 0) is 44.4 Å². The lowest BCUT2D eigenvalue weighted by molar-refractivity contribution is 0.280. The Bertz CT molecular complexity index is 398. The normalized spacial score (nSPS) is 27.1. The molecule has 2 aliphatic rings. The Balaban J connectivity index is 1.66. The maximum absolute atomic E-state index is 5.80. The summed E-state index contributed by atoms with van der Waals surface area (Å²) in [7, 11) is 0. The lowest BCUT2D eigenvalue weighted by Gasteiger charge is -2.32. The number of rotatable bonds is 3. The fourth-order valence-electron chi connectivity index (χ4n) is 2.87. The molecular formula is C13H20N4. The van der Waals surface area contributed by atoms with Gasteiger partial charge in [0.2, 0.25) is 0 Å². The summed E-state index contributed by atoms with van der Waals surface area (Å²) < 4.78 is 0. The van der Waals surface area contributed by atoms with Gasteiger partial charge in [0.15, 0.2) is 0 Å². The maximum Gasteiger partial charge on any atom is 0.132 e. The van der Waals surface area contributed by atoms with E-state index in [1.165, 1.54) is 24.1 Å². The monoisotopic (exact) mass is 232 g/mol. The zero-order chi connectivity index (χ0) is 11.7. The standard InChI is InChI=1S/C13H20N4/c14-10-5-9(6-10)7-15-13-11-3-1-2-4-12(11)16-8-17-13/h8-10H,1-7,14H2,(H,15,16,17). The van der Waals surface area contributed by atoms with E-state index >= 15 is 0 Å². The summed E-state index contributed by atoms with van der Waals surface area (Å²) in [5.41, 5.74) is 8.39. The molecule has 0 atom stereocenters. The molecule has 0 spiro atoms. The molecule has 1 saturated carbocycles. The van der Waals surface area contributed by atoms with Crippen LogP contribution in [-0.2, 0) is 12.8 Å². The van der Waals surface area contributed by atoms with Crippen LogP contribution in [0.2, 0.25) is 0 Å². The molecule has 0 radical (unpaired) electrons. The Morgan fingerprint density at radius 2 is 2.06 bits per heavy atom. The van der Waals surface area contributed by atoms with Crippen LogP contribution in [0.1, 0.15) is 36.9 Å². The van der Waals surface area contributed by atoms with Crippen LogP contribution in [0.3, 0.4) is 0 Å². The molecule has 0 unspecified atom stereocenters. The number of hydrogen-bond acceptors (Lipinski definition) is 4. The highest BCUT2D eigenvalue weighted by molar-refractivity contribution is 5.47. The molecular weight excluding hydrogens is 212 g/mol. The molecule has 0 amide bonds. The Labute approximate surface area is 102 Å². The summed E-state index contributed by atoms with van der Waals surface area (Å²) in [6.07, 6.45) is 8.77. The van der Waals surface area contributed by atoms with Crippen LogP contribution in [0.15, 0.2) is 6.33 Å². The van der Waals surface area contributed by atoms with Crippen LogP contribution >= 0.6 is 0 Å². The number of aryl methyl sites for hydroxylation is 1. The molecule has 1 aromatic rings. The zero-order valence-corrected chi connectivity index (χ0v) is 10.2. The summed E-state index contributed by atoms with van der Waals surface area (Å²) in [6.45, 7) is 1.01. The van der Waals surface area contributed by atoms with E-state index in [9.17, 15) is 0 Å². The fourth-order valence-corrected chi connectivity index (χ4v) is 2.87. The van der Waals surface area contributed by atoms with Crippen LogP contribution in [0, 0.1) is 5.92 Å². The molecule has 2 aliphatic carbocycles. The zero-order valence-electron chi connectivity index (χ0n) is 10.2. The highest BCUT2D eigenvalue weighted by atomic mass is 15.0. The van der Waals surface area contributed by atoms with Gasteiger partial charge in [-0.25, -0.2) is 9.97 Å². The van der Waals surface area contributed by atoms with Gasteiger partial charge in [-0.3, -0.25) is 0 Å². The quantitative estimate of drug-likeness (QED) is 0.829. The third kappa shape index (κ3) is 2.27. The van der Waals surface area contributed by atoms with Crippen molar-refractivity contribution in [3.05, 3.63) is 17.6 Å². The summed E-state index contributed by atoms with van der Waals surface area (Å²) >= 11 is 0. The van der Waals surface area contributed by atoms with E-state index in [0.717, 1.165) is 44.0 Å². The molecule has 17 heavy (non-hydrogen) atoms. The number of nitrogens with zero attached hydrogens (tertiary/aromatic N) is 2. The third-order valence-corrected chi connectivity index (χ3v) is 3.96. The smallest absolute Gasteiger partial charge is 0.132 e. The van der Waals surface area contributed by atoms with Crippen molar-refractivity contribution in [2.75, 3.05) is 11.9 Å². The second-order valence-corrected chi connectivity index (χ2v) is 5.33. The first-order chi connectivity index (χ1) is 8.33. The van der Waals surface area contributed by atoms with Gasteiger partial charge in [-0.2, -0.15) is 0 Å². The van der Waals surface area contributed by atoms with Gasteiger partial charge in [0.25, 0.3) is 0 Å². The predicted octanol–water partition coefficient (Wildman–Crippen LogP) is 1.50. The van der Waals surface area contributed by atoms with Crippen molar-refractivity contribution in [1.29, 1.82) is 0 Å². The molecule has 1 fully saturated rings. The van der Waals surface area contributed by atoms with Crippen molar-refractivity contribution in [2.45, 2.75) is 44.6 Å². The van der Waals surface area contributed by atoms with E-state index in [0.29, 0.717) is 6.04 Å². The minimum atomic E-state index is 0.432. The minimum absolute atomic E-state index is 0.432. The lowest BCUT2D eigenvalue weighted by atomic mass is 9.81. The van der Waals surface area contributed by atoms with Crippen LogP contribution in [0.4, 0.5) is 5.82 Å². The SMILES string of the molecule is NC1CC(CNc2ncnc3c2CCCC3)C1. The molecule has 0 bridgehead atoms. The lowest BCUT2D eigenvalue weighted by Crippen LogP contribution is -2.39. The van der Waals surface area contributed by atoms with Gasteiger partial charge in [0.05, 0.1) is 0 Å². The number of nitrogens with two attached hydrogens (primary N) is 1. The van der Waals surface area contributed by atoms with E-state index in [2.05, 4.69) is 15.3 Å². The van der Waals surface area contributed by atoms with Gasteiger partial charge < -0.3 is 11.1 Å². The summed E-state index contributed by atoms with van der Waals surface area (Å²) in [5, 5.41) is 3.49. The molecule has 4 nitrogen and oxygen atoms in total. The van der Waals surface area contributed by atoms with Crippen molar-refractivity contribution in [3.8, 4) is 0 Å². The minimum Gasteiger partial charge on any atom is -0.369 e. The molecule has 0 saturated heterocycles. The third-order valence-electron chi connectivity index (χ3n) is 3.96. The van der Waals surface area contributed by atoms with Crippen LogP contribution < -0.4 is 11.1 Å². The number of nitrogens with one attached hydrogen (secondary N) is 1. The summed E-state index contributed by atoms with van der Waals surface area (Å²) in [6, 6.07) is 0.432. The largest absolute Gasteiger partial charge is 0.369 e. The van der Waals surface area contributed by atoms with Crippen LogP contribution in [-0.4, -0.2) is 22.6 Å². The second kappa shape index (κ2) is 4.61. The molecule has 1 aromatic heterocycles. The van der Waals surface area contributed by atoms with E-state index < -0.39 is 0 Å². The van der Waals surface area contributed by atoms with Gasteiger partial charge in [-0.1, -0.05) is 0 Å². The van der Waals surface area contributed by atoms with E-state index in [-0.39, 0.29) is 0 Å². The van der Waals surface area contributed by atoms with Crippen molar-refractivity contribution in [2.24, 2.45) is 11.7 Å². The topological polar surface area (TPSA) is 63.8 Å². The van der Waals surface area contributed by atoms with Crippen LogP contribution in [0.25, 0.3) is 0 Å². The first-order valence-corrected chi connectivity index (χ1v) is 6.65. The van der Waals surface area contributed by atoms with Crippen molar-refractivity contribution >= 4 is 5.82 Å². The number of hydrogen-bond donors (Lipinski definition) is 2. The number of fused-ring (bicyclic) bond motifs is 1. The molecule has 3 rings (SSSR count). The number of aromatic nitrogens is 2.